The zero-order chi connectivity index (χ0) is 24.2. The maximum absolute atomic E-state index is 12.4. The molecule has 0 aliphatic rings. The molecular formula is C24H26N6O3S. The average Bonchev–Trinajstić information content (AvgIpc) is 3.16. The molecule has 1 amide bonds. The SMILES string of the molecule is CC(C)Oc1ccc(NC(=O)CSc2nnc(Cc3nn(C)c(=O)c4ccccc34)n2C)cc1. The first kappa shape index (κ1) is 23.5. The van der Waals surface area contributed by atoms with Gasteiger partial charge in [0.15, 0.2) is 5.16 Å². The molecule has 34 heavy (non-hydrogen) atoms. The van der Waals surface area contributed by atoms with E-state index in [1.54, 1.807) is 13.1 Å². The second-order valence-electron chi connectivity index (χ2n) is 8.08. The van der Waals surface area contributed by atoms with Gasteiger partial charge in [-0.1, -0.05) is 30.0 Å². The van der Waals surface area contributed by atoms with Crippen LogP contribution >= 0.6 is 11.8 Å². The molecule has 176 valence electrons. The van der Waals surface area contributed by atoms with Crippen LogP contribution in [0.15, 0.2) is 58.5 Å². The third-order valence-electron chi connectivity index (χ3n) is 5.13. The van der Waals surface area contributed by atoms with Crippen molar-refractivity contribution in [3.8, 4) is 5.75 Å². The molecule has 9 nitrogen and oxygen atoms in total. The molecule has 0 aliphatic carbocycles. The normalized spacial score (nSPS) is 11.2. The number of aryl methyl sites for hydroxylation is 1. The maximum Gasteiger partial charge on any atom is 0.274 e. The first-order chi connectivity index (χ1) is 16.3. The zero-order valence-corrected chi connectivity index (χ0v) is 20.3. The fourth-order valence-corrected chi connectivity index (χ4v) is 4.23. The van der Waals surface area contributed by atoms with Crippen molar-refractivity contribution in [2.45, 2.75) is 31.5 Å². The highest BCUT2D eigenvalue weighted by molar-refractivity contribution is 7.99. The van der Waals surface area contributed by atoms with Gasteiger partial charge in [-0.2, -0.15) is 5.10 Å². The number of aromatic nitrogens is 5. The van der Waals surface area contributed by atoms with Crippen molar-refractivity contribution >= 4 is 34.1 Å². The molecular weight excluding hydrogens is 452 g/mol. The molecule has 2 heterocycles. The van der Waals surface area contributed by atoms with Gasteiger partial charge in [0.1, 0.15) is 11.6 Å². The lowest BCUT2D eigenvalue weighted by Gasteiger charge is -2.10. The highest BCUT2D eigenvalue weighted by atomic mass is 32.2. The van der Waals surface area contributed by atoms with Gasteiger partial charge in [0.25, 0.3) is 5.56 Å². The van der Waals surface area contributed by atoms with E-state index in [4.69, 9.17) is 4.74 Å². The number of anilines is 1. The predicted molar refractivity (Wildman–Crippen MR) is 132 cm³/mol. The zero-order valence-electron chi connectivity index (χ0n) is 19.5. The van der Waals surface area contributed by atoms with Crippen LogP contribution in [0, 0.1) is 0 Å². The van der Waals surface area contributed by atoms with Crippen LogP contribution in [-0.4, -0.2) is 42.3 Å². The van der Waals surface area contributed by atoms with Crippen LogP contribution in [0.3, 0.4) is 0 Å². The number of benzene rings is 2. The summed E-state index contributed by atoms with van der Waals surface area (Å²) in [6, 6.07) is 14.7. The van der Waals surface area contributed by atoms with E-state index in [1.807, 2.05) is 67.9 Å². The lowest BCUT2D eigenvalue weighted by Crippen LogP contribution is -2.21. The molecule has 0 bridgehead atoms. The van der Waals surface area contributed by atoms with Gasteiger partial charge < -0.3 is 14.6 Å². The van der Waals surface area contributed by atoms with Gasteiger partial charge >= 0.3 is 0 Å². The van der Waals surface area contributed by atoms with Crippen molar-refractivity contribution < 1.29 is 9.53 Å². The summed E-state index contributed by atoms with van der Waals surface area (Å²) in [4.78, 5) is 24.8. The highest BCUT2D eigenvalue weighted by Gasteiger charge is 2.15. The van der Waals surface area contributed by atoms with Gasteiger partial charge in [-0.25, -0.2) is 4.68 Å². The van der Waals surface area contributed by atoms with Crippen LogP contribution in [0.1, 0.15) is 25.4 Å². The Morgan fingerprint density at radius 3 is 2.47 bits per heavy atom. The minimum Gasteiger partial charge on any atom is -0.491 e. The van der Waals surface area contributed by atoms with E-state index in [0.717, 1.165) is 16.8 Å². The summed E-state index contributed by atoms with van der Waals surface area (Å²) in [6.45, 7) is 3.93. The standard InChI is InChI=1S/C24H26N6O3S/c1-15(2)33-17-11-9-16(10-12-17)25-22(31)14-34-24-27-26-21(29(24)3)13-20-18-7-5-6-8-19(18)23(32)30(4)28-20/h5-12,15H,13-14H2,1-4H3,(H,25,31). The van der Waals surface area contributed by atoms with E-state index in [9.17, 15) is 9.59 Å². The number of carbonyl (C=O) groups excluding carboxylic acids is 1. The quantitative estimate of drug-likeness (QED) is 0.388. The van der Waals surface area contributed by atoms with E-state index in [2.05, 4.69) is 20.6 Å². The Kier molecular flexibility index (Phi) is 6.97. The molecule has 4 aromatic rings. The fourth-order valence-electron chi connectivity index (χ4n) is 3.50. The van der Waals surface area contributed by atoms with E-state index >= 15 is 0 Å². The number of hydrogen-bond donors (Lipinski definition) is 1. The maximum atomic E-state index is 12.4. The molecule has 4 rings (SSSR count). The van der Waals surface area contributed by atoms with E-state index in [1.165, 1.54) is 16.4 Å². The number of carbonyl (C=O) groups is 1. The van der Waals surface area contributed by atoms with Gasteiger partial charge in [-0.05, 0) is 44.2 Å². The lowest BCUT2D eigenvalue weighted by atomic mass is 10.1. The minimum atomic E-state index is -0.141. The topological polar surface area (TPSA) is 104 Å². The lowest BCUT2D eigenvalue weighted by molar-refractivity contribution is -0.113. The summed E-state index contributed by atoms with van der Waals surface area (Å²) in [5, 5.41) is 17.9. The molecule has 0 saturated heterocycles. The van der Waals surface area contributed by atoms with Crippen molar-refractivity contribution in [2.75, 3.05) is 11.1 Å². The molecule has 0 radical (unpaired) electrons. The second kappa shape index (κ2) is 10.1. The molecule has 2 aromatic heterocycles. The second-order valence-corrected chi connectivity index (χ2v) is 9.03. The van der Waals surface area contributed by atoms with Crippen LogP contribution in [-0.2, 0) is 25.3 Å². The third kappa shape index (κ3) is 5.28. The van der Waals surface area contributed by atoms with Gasteiger partial charge in [-0.15, -0.1) is 10.2 Å². The monoisotopic (exact) mass is 478 g/mol. The molecule has 0 unspecified atom stereocenters. The number of rotatable bonds is 8. The number of nitrogens with one attached hydrogen (secondary N) is 1. The Balaban J connectivity index is 1.41. The van der Waals surface area contributed by atoms with Crippen LogP contribution in [0.2, 0.25) is 0 Å². The highest BCUT2D eigenvalue weighted by Crippen LogP contribution is 2.21. The Bertz CT molecular complexity index is 1380. The first-order valence-corrected chi connectivity index (χ1v) is 11.8. The van der Waals surface area contributed by atoms with Crippen molar-refractivity contribution in [1.29, 1.82) is 0 Å². The fraction of sp³-hybridized carbons (Fsp3) is 0.292. The molecule has 0 atom stereocenters. The summed E-state index contributed by atoms with van der Waals surface area (Å²) in [7, 11) is 3.49. The van der Waals surface area contributed by atoms with Gasteiger partial charge in [0.2, 0.25) is 5.91 Å². The van der Waals surface area contributed by atoms with Crippen molar-refractivity contribution in [2.24, 2.45) is 14.1 Å². The number of hydrogen-bond acceptors (Lipinski definition) is 7. The molecule has 0 aliphatic heterocycles. The van der Waals surface area contributed by atoms with Crippen LogP contribution in [0.4, 0.5) is 5.69 Å². The molecule has 1 N–H and O–H groups in total. The molecule has 10 heteroatoms. The molecule has 0 saturated carbocycles. The van der Waals surface area contributed by atoms with Crippen LogP contribution in [0.5, 0.6) is 5.75 Å². The number of fused-ring (bicyclic) bond motifs is 1. The summed E-state index contributed by atoms with van der Waals surface area (Å²) in [5.41, 5.74) is 1.31. The summed E-state index contributed by atoms with van der Waals surface area (Å²) < 4.78 is 8.81. The van der Waals surface area contributed by atoms with Crippen LogP contribution < -0.4 is 15.6 Å². The molecule has 2 aromatic carbocycles. The number of thioether (sulfide) groups is 1. The van der Waals surface area contributed by atoms with Gasteiger partial charge in [0.05, 0.1) is 29.4 Å². The molecule has 0 fully saturated rings. The predicted octanol–water partition coefficient (Wildman–Crippen LogP) is 3.17. The Labute approximate surface area is 201 Å². The van der Waals surface area contributed by atoms with E-state index in [-0.39, 0.29) is 23.3 Å². The third-order valence-corrected chi connectivity index (χ3v) is 6.15. The van der Waals surface area contributed by atoms with Gasteiger partial charge in [0, 0.05) is 25.2 Å². The molecule has 0 spiro atoms. The number of ether oxygens (including phenoxy) is 1. The minimum absolute atomic E-state index is 0.0939. The average molecular weight is 479 g/mol. The number of amides is 1. The van der Waals surface area contributed by atoms with E-state index in [0.29, 0.717) is 28.5 Å². The summed E-state index contributed by atoms with van der Waals surface area (Å²) in [6.07, 6.45) is 0.506. The smallest absolute Gasteiger partial charge is 0.274 e. The number of nitrogens with zero attached hydrogens (tertiary/aromatic N) is 5. The Morgan fingerprint density at radius 1 is 1.06 bits per heavy atom. The van der Waals surface area contributed by atoms with Crippen LogP contribution in [0.25, 0.3) is 10.8 Å². The summed E-state index contributed by atoms with van der Waals surface area (Å²) >= 11 is 1.30. The van der Waals surface area contributed by atoms with E-state index < -0.39 is 0 Å². The largest absolute Gasteiger partial charge is 0.491 e. The Morgan fingerprint density at radius 2 is 1.76 bits per heavy atom. The van der Waals surface area contributed by atoms with Crippen molar-refractivity contribution in [3.63, 3.8) is 0 Å². The first-order valence-electron chi connectivity index (χ1n) is 10.8. The van der Waals surface area contributed by atoms with Crippen molar-refractivity contribution in [3.05, 3.63) is 70.4 Å². The van der Waals surface area contributed by atoms with Gasteiger partial charge in [-0.3, -0.25) is 9.59 Å². The Hall–Kier alpha value is -3.66. The summed E-state index contributed by atoms with van der Waals surface area (Å²) in [5.74, 6) is 1.50. The van der Waals surface area contributed by atoms with Crippen molar-refractivity contribution in [1.82, 2.24) is 24.5 Å².